The fourth-order valence-corrected chi connectivity index (χ4v) is 4.68. The van der Waals surface area contributed by atoms with Crippen molar-refractivity contribution in [2.24, 2.45) is 5.10 Å². The number of nitrogens with one attached hydrogen (secondary N) is 1. The predicted octanol–water partition coefficient (Wildman–Crippen LogP) is 4.28. The average molecular weight is 466 g/mol. The van der Waals surface area contributed by atoms with Gasteiger partial charge in [-0.05, 0) is 39.6 Å². The van der Waals surface area contributed by atoms with E-state index >= 15 is 0 Å². The minimum absolute atomic E-state index is 0.140. The maximum absolute atomic E-state index is 13.8. The molecule has 2 aliphatic heterocycles. The summed E-state index contributed by atoms with van der Waals surface area (Å²) in [5.41, 5.74) is 3.60. The summed E-state index contributed by atoms with van der Waals surface area (Å²) >= 11 is 7.94. The van der Waals surface area contributed by atoms with Crippen molar-refractivity contribution in [1.29, 1.82) is 0 Å². The molecule has 3 aromatic rings. The van der Waals surface area contributed by atoms with E-state index in [2.05, 4.69) is 15.5 Å². The molecule has 6 nitrogen and oxygen atoms in total. The van der Waals surface area contributed by atoms with Crippen LogP contribution in [0.4, 0.5) is 13.2 Å². The molecule has 0 spiro atoms. The van der Waals surface area contributed by atoms with Crippen molar-refractivity contribution in [2.75, 3.05) is 19.6 Å². The molecule has 11 heteroatoms. The van der Waals surface area contributed by atoms with E-state index in [0.29, 0.717) is 25.2 Å². The summed E-state index contributed by atoms with van der Waals surface area (Å²) in [7, 11) is 0. The van der Waals surface area contributed by atoms with Gasteiger partial charge in [0.1, 0.15) is 5.15 Å². The van der Waals surface area contributed by atoms with Crippen molar-refractivity contribution in [3.05, 3.63) is 62.7 Å². The Morgan fingerprint density at radius 1 is 1.35 bits per heavy atom. The third kappa shape index (κ3) is 3.49. The highest BCUT2D eigenvalue weighted by Crippen LogP contribution is 2.36. The van der Waals surface area contributed by atoms with E-state index in [0.717, 1.165) is 21.6 Å². The zero-order valence-electron chi connectivity index (χ0n) is 15.9. The van der Waals surface area contributed by atoms with Crippen molar-refractivity contribution in [3.8, 4) is 0 Å². The van der Waals surface area contributed by atoms with Crippen LogP contribution >= 0.6 is 22.9 Å². The molecular formula is C20H15ClF3N5OS. The molecule has 0 saturated carbocycles. The Balaban J connectivity index is 1.53. The first-order chi connectivity index (χ1) is 14.8. The minimum Gasteiger partial charge on any atom is -0.329 e. The van der Waals surface area contributed by atoms with Crippen LogP contribution in [0.25, 0.3) is 11.2 Å². The van der Waals surface area contributed by atoms with Gasteiger partial charge in [0.05, 0.1) is 5.56 Å². The third-order valence-electron chi connectivity index (χ3n) is 5.37. The van der Waals surface area contributed by atoms with Crippen LogP contribution in [0, 0.1) is 0 Å². The van der Waals surface area contributed by atoms with Gasteiger partial charge in [0.2, 0.25) is 0 Å². The number of carbonyl (C=O) groups is 1. The normalized spacial score (nSPS) is 18.6. The monoisotopic (exact) mass is 465 g/mol. The molecule has 1 amide bonds. The Morgan fingerprint density at radius 2 is 2.19 bits per heavy atom. The molecule has 0 radical (unpaired) electrons. The molecule has 1 atom stereocenters. The molecule has 3 aromatic heterocycles. The Hall–Kier alpha value is -2.85. The molecule has 0 aromatic carbocycles. The average Bonchev–Trinajstić information content (AvgIpc) is 3.53. The molecule has 1 N–H and O–H groups in total. The van der Waals surface area contributed by atoms with Crippen molar-refractivity contribution in [3.63, 3.8) is 0 Å². The van der Waals surface area contributed by atoms with Gasteiger partial charge in [-0.1, -0.05) is 17.7 Å². The standard InChI is InChI=1S/C20H15ClF3N5OS/c21-17-16(19(30)28-3-1-11(8-28)12-2-4-31-10-12)27-18-15(20(22,23)24)5-13(9-29(17)18)14-6-25-26-7-14/h1-2,4-6,9-10,14,26H,3,7-8H2. The van der Waals surface area contributed by atoms with Gasteiger partial charge in [-0.15, -0.1) is 0 Å². The minimum atomic E-state index is -4.66. The van der Waals surface area contributed by atoms with E-state index in [4.69, 9.17) is 11.6 Å². The second-order valence-electron chi connectivity index (χ2n) is 7.30. The van der Waals surface area contributed by atoms with E-state index in [1.165, 1.54) is 11.1 Å². The van der Waals surface area contributed by atoms with Crippen LogP contribution in [0.5, 0.6) is 0 Å². The van der Waals surface area contributed by atoms with Gasteiger partial charge in [0.25, 0.3) is 5.91 Å². The van der Waals surface area contributed by atoms with Crippen LogP contribution in [-0.4, -0.2) is 46.0 Å². The van der Waals surface area contributed by atoms with E-state index < -0.39 is 23.3 Å². The maximum atomic E-state index is 13.8. The number of hydrogen-bond donors (Lipinski definition) is 1. The maximum Gasteiger partial charge on any atom is 0.419 e. The largest absolute Gasteiger partial charge is 0.419 e. The molecule has 0 saturated heterocycles. The molecule has 1 unspecified atom stereocenters. The number of hydrazone groups is 1. The highest BCUT2D eigenvalue weighted by Gasteiger charge is 2.37. The number of thiophene rings is 1. The smallest absolute Gasteiger partial charge is 0.329 e. The lowest BCUT2D eigenvalue weighted by atomic mass is 10.0. The molecule has 160 valence electrons. The van der Waals surface area contributed by atoms with E-state index in [1.54, 1.807) is 17.6 Å². The number of pyridine rings is 1. The molecule has 5 heterocycles. The van der Waals surface area contributed by atoms with Crippen LogP contribution in [0.15, 0.2) is 40.3 Å². The van der Waals surface area contributed by atoms with Crippen molar-refractivity contribution >= 4 is 46.3 Å². The van der Waals surface area contributed by atoms with Gasteiger partial charge in [0.15, 0.2) is 11.3 Å². The van der Waals surface area contributed by atoms with Crippen molar-refractivity contribution in [2.45, 2.75) is 12.1 Å². The molecule has 0 bridgehead atoms. The summed E-state index contributed by atoms with van der Waals surface area (Å²) in [5, 5.41) is 7.66. The number of halogens is 4. The Labute approximate surface area is 183 Å². The summed E-state index contributed by atoms with van der Waals surface area (Å²) < 4.78 is 42.5. The van der Waals surface area contributed by atoms with Gasteiger partial charge < -0.3 is 10.3 Å². The molecule has 0 aliphatic carbocycles. The van der Waals surface area contributed by atoms with Crippen LogP contribution in [0.3, 0.4) is 0 Å². The first-order valence-electron chi connectivity index (χ1n) is 9.38. The van der Waals surface area contributed by atoms with Crippen LogP contribution in [-0.2, 0) is 6.18 Å². The summed E-state index contributed by atoms with van der Waals surface area (Å²) in [6.07, 6.45) is 0.297. The number of rotatable bonds is 3. The SMILES string of the molecule is O=C(c1nc2c(C(F)(F)F)cc(C3C=NNC3)cn2c1Cl)N1CC=C(c2ccsc2)C1. The summed E-state index contributed by atoms with van der Waals surface area (Å²) in [5.74, 6) is -0.840. The number of carbonyl (C=O) groups excluding carboxylic acids is 1. The number of imidazole rings is 1. The van der Waals surface area contributed by atoms with Crippen LogP contribution in [0.2, 0.25) is 5.15 Å². The molecule has 5 rings (SSSR count). The van der Waals surface area contributed by atoms with Gasteiger partial charge in [-0.25, -0.2) is 4.98 Å². The van der Waals surface area contributed by atoms with E-state index in [9.17, 15) is 18.0 Å². The highest BCUT2D eigenvalue weighted by molar-refractivity contribution is 7.08. The number of aromatic nitrogens is 2. The number of fused-ring (bicyclic) bond motifs is 1. The summed E-state index contributed by atoms with van der Waals surface area (Å²) in [4.78, 5) is 18.6. The Morgan fingerprint density at radius 3 is 2.87 bits per heavy atom. The quantitative estimate of drug-likeness (QED) is 0.628. The topological polar surface area (TPSA) is 62.0 Å². The second kappa shape index (κ2) is 7.38. The number of hydrogen-bond acceptors (Lipinski definition) is 5. The summed E-state index contributed by atoms with van der Waals surface area (Å²) in [6.45, 7) is 1.07. The zero-order chi connectivity index (χ0) is 21.8. The molecule has 2 aliphatic rings. The van der Waals surface area contributed by atoms with Crippen LogP contribution in [0.1, 0.15) is 33.1 Å². The van der Waals surface area contributed by atoms with E-state index in [1.807, 2.05) is 22.9 Å². The lowest BCUT2D eigenvalue weighted by Crippen LogP contribution is -2.29. The fourth-order valence-electron chi connectivity index (χ4n) is 3.75. The highest BCUT2D eigenvalue weighted by atomic mass is 35.5. The molecule has 31 heavy (non-hydrogen) atoms. The first kappa shape index (κ1) is 20.1. The Kier molecular flexibility index (Phi) is 4.78. The van der Waals surface area contributed by atoms with Gasteiger partial charge in [0, 0.05) is 38.0 Å². The summed E-state index contributed by atoms with van der Waals surface area (Å²) in [6, 6.07) is 3.00. The van der Waals surface area contributed by atoms with Crippen molar-refractivity contribution in [1.82, 2.24) is 19.7 Å². The first-order valence-corrected chi connectivity index (χ1v) is 10.7. The molecular weight excluding hydrogens is 451 g/mol. The van der Waals surface area contributed by atoms with Gasteiger partial charge in [-0.3, -0.25) is 9.20 Å². The number of nitrogens with zero attached hydrogens (tertiary/aromatic N) is 4. The van der Waals surface area contributed by atoms with E-state index in [-0.39, 0.29) is 16.8 Å². The zero-order valence-corrected chi connectivity index (χ0v) is 17.4. The molecule has 0 fully saturated rings. The van der Waals surface area contributed by atoms with Gasteiger partial charge in [-0.2, -0.15) is 29.6 Å². The Bertz CT molecular complexity index is 1230. The number of alkyl halides is 3. The van der Waals surface area contributed by atoms with Gasteiger partial charge >= 0.3 is 6.18 Å². The van der Waals surface area contributed by atoms with Crippen LogP contribution < -0.4 is 5.43 Å². The fraction of sp³-hybridized carbons (Fsp3) is 0.250. The lowest BCUT2D eigenvalue weighted by Gasteiger charge is -2.15. The second-order valence-corrected chi connectivity index (χ2v) is 8.44. The predicted molar refractivity (Wildman–Crippen MR) is 113 cm³/mol. The van der Waals surface area contributed by atoms with Crippen molar-refractivity contribution < 1.29 is 18.0 Å². The lowest BCUT2D eigenvalue weighted by molar-refractivity contribution is -0.136. The number of amides is 1. The third-order valence-corrected chi connectivity index (χ3v) is 6.42.